The van der Waals surface area contributed by atoms with Gasteiger partial charge in [0.25, 0.3) is 0 Å². The van der Waals surface area contributed by atoms with Gasteiger partial charge in [0.1, 0.15) is 12.2 Å². The average molecular weight is 289 g/mol. The quantitative estimate of drug-likeness (QED) is 0.923. The largest absolute Gasteiger partial charge is 0.480 e. The lowest BCUT2D eigenvalue weighted by Crippen LogP contribution is -2.17. The number of fused-ring (bicyclic) bond motifs is 3. The Labute approximate surface area is 120 Å². The SMILES string of the molecule is Cc1cc(C)c2c3c(n(CC(=O)O)c2c1)C(=O)SCC3. The third-order valence-electron chi connectivity index (χ3n) is 3.68. The first-order valence-electron chi connectivity index (χ1n) is 6.50. The number of benzene rings is 1. The number of aryl methyl sites for hydroxylation is 3. The van der Waals surface area contributed by atoms with Crippen molar-refractivity contribution in [1.29, 1.82) is 0 Å². The van der Waals surface area contributed by atoms with Crippen molar-refractivity contribution >= 4 is 33.7 Å². The van der Waals surface area contributed by atoms with Gasteiger partial charge in [-0.15, -0.1) is 0 Å². The van der Waals surface area contributed by atoms with Crippen LogP contribution in [0.25, 0.3) is 10.9 Å². The first kappa shape index (κ1) is 13.2. The second-order valence-electron chi connectivity index (χ2n) is 5.17. The first-order chi connectivity index (χ1) is 9.49. The Balaban J connectivity index is 2.42. The number of carboxylic acids is 1. The molecular weight excluding hydrogens is 274 g/mol. The summed E-state index contributed by atoms with van der Waals surface area (Å²) in [6.07, 6.45) is 0.818. The van der Waals surface area contributed by atoms with E-state index in [9.17, 15) is 9.59 Å². The highest BCUT2D eigenvalue weighted by Crippen LogP contribution is 2.36. The fourth-order valence-electron chi connectivity index (χ4n) is 3.04. The summed E-state index contributed by atoms with van der Waals surface area (Å²) in [5.74, 6) is -0.155. The maximum Gasteiger partial charge on any atom is 0.323 e. The van der Waals surface area contributed by atoms with Gasteiger partial charge < -0.3 is 9.67 Å². The van der Waals surface area contributed by atoms with Crippen LogP contribution < -0.4 is 0 Å². The fraction of sp³-hybridized carbons (Fsp3) is 0.333. The van der Waals surface area contributed by atoms with E-state index in [0.717, 1.165) is 39.8 Å². The minimum Gasteiger partial charge on any atom is -0.480 e. The highest BCUT2D eigenvalue weighted by atomic mass is 32.2. The van der Waals surface area contributed by atoms with Crippen molar-refractivity contribution in [3.63, 3.8) is 0 Å². The molecule has 0 atom stereocenters. The topological polar surface area (TPSA) is 59.3 Å². The zero-order chi connectivity index (χ0) is 14.4. The Morgan fingerprint density at radius 2 is 2.15 bits per heavy atom. The molecule has 0 unspecified atom stereocenters. The zero-order valence-electron chi connectivity index (χ0n) is 11.4. The molecule has 3 rings (SSSR count). The van der Waals surface area contributed by atoms with Crippen molar-refractivity contribution in [1.82, 2.24) is 4.57 Å². The summed E-state index contributed by atoms with van der Waals surface area (Å²) >= 11 is 1.27. The van der Waals surface area contributed by atoms with Crippen molar-refractivity contribution in [2.24, 2.45) is 0 Å². The van der Waals surface area contributed by atoms with Crippen molar-refractivity contribution < 1.29 is 14.7 Å². The van der Waals surface area contributed by atoms with Crippen LogP contribution in [-0.2, 0) is 17.8 Å². The molecule has 0 radical (unpaired) electrons. The lowest BCUT2D eigenvalue weighted by Gasteiger charge is -2.13. The molecule has 1 aliphatic heterocycles. The molecule has 2 aromatic rings. The van der Waals surface area contributed by atoms with Gasteiger partial charge in [0.15, 0.2) is 0 Å². The van der Waals surface area contributed by atoms with Gasteiger partial charge in [0.2, 0.25) is 5.12 Å². The second kappa shape index (κ2) is 4.66. The Morgan fingerprint density at radius 1 is 1.40 bits per heavy atom. The first-order valence-corrected chi connectivity index (χ1v) is 7.49. The Morgan fingerprint density at radius 3 is 2.85 bits per heavy atom. The van der Waals surface area contributed by atoms with Crippen LogP contribution in [0, 0.1) is 13.8 Å². The molecule has 5 heteroatoms. The van der Waals surface area contributed by atoms with Crippen molar-refractivity contribution in [3.8, 4) is 0 Å². The molecule has 0 fully saturated rings. The number of carboxylic acid groups (broad SMARTS) is 1. The van der Waals surface area contributed by atoms with Gasteiger partial charge in [-0.2, -0.15) is 0 Å². The lowest BCUT2D eigenvalue weighted by atomic mass is 10.0. The van der Waals surface area contributed by atoms with Crippen molar-refractivity contribution in [2.75, 3.05) is 5.75 Å². The van der Waals surface area contributed by atoms with Gasteiger partial charge in [0.05, 0.1) is 0 Å². The van der Waals surface area contributed by atoms with Gasteiger partial charge in [-0.05, 0) is 43.0 Å². The van der Waals surface area contributed by atoms with E-state index in [-0.39, 0.29) is 11.7 Å². The maximum absolute atomic E-state index is 12.2. The zero-order valence-corrected chi connectivity index (χ0v) is 12.2. The molecule has 1 N–H and O–H groups in total. The molecule has 0 spiro atoms. The minimum atomic E-state index is -0.924. The third kappa shape index (κ3) is 1.93. The van der Waals surface area contributed by atoms with E-state index in [1.165, 1.54) is 11.8 Å². The molecule has 0 bridgehead atoms. The fourth-order valence-corrected chi connectivity index (χ4v) is 3.90. The van der Waals surface area contributed by atoms with Crippen LogP contribution in [0.4, 0.5) is 0 Å². The number of aromatic nitrogens is 1. The molecule has 1 aromatic heterocycles. The molecule has 1 aromatic carbocycles. The van der Waals surface area contributed by atoms with Crippen molar-refractivity contribution in [3.05, 3.63) is 34.5 Å². The van der Waals surface area contributed by atoms with Gasteiger partial charge in [-0.1, -0.05) is 17.8 Å². The molecule has 0 saturated heterocycles. The van der Waals surface area contributed by atoms with Crippen LogP contribution >= 0.6 is 11.8 Å². The van der Waals surface area contributed by atoms with Gasteiger partial charge >= 0.3 is 5.97 Å². The molecule has 1 aliphatic rings. The summed E-state index contributed by atoms with van der Waals surface area (Å²) in [4.78, 5) is 23.3. The van der Waals surface area contributed by atoms with Crippen LogP contribution in [0.1, 0.15) is 27.2 Å². The summed E-state index contributed by atoms with van der Waals surface area (Å²) in [6.45, 7) is 3.84. The smallest absolute Gasteiger partial charge is 0.323 e. The van der Waals surface area contributed by atoms with E-state index in [1.54, 1.807) is 4.57 Å². The number of rotatable bonds is 2. The highest BCUT2D eigenvalue weighted by molar-refractivity contribution is 8.14. The van der Waals surface area contributed by atoms with Gasteiger partial charge in [0, 0.05) is 16.7 Å². The lowest BCUT2D eigenvalue weighted by molar-refractivity contribution is -0.137. The number of nitrogens with zero attached hydrogens (tertiary/aromatic N) is 1. The van der Waals surface area contributed by atoms with Crippen molar-refractivity contribution in [2.45, 2.75) is 26.8 Å². The number of hydrogen-bond donors (Lipinski definition) is 1. The van der Waals surface area contributed by atoms with E-state index in [0.29, 0.717) is 5.69 Å². The van der Waals surface area contributed by atoms with E-state index in [2.05, 4.69) is 6.07 Å². The average Bonchev–Trinajstić information content (AvgIpc) is 2.64. The number of hydrogen-bond acceptors (Lipinski definition) is 3. The Kier molecular flexibility index (Phi) is 3.09. The maximum atomic E-state index is 12.2. The molecule has 4 nitrogen and oxygen atoms in total. The highest BCUT2D eigenvalue weighted by Gasteiger charge is 2.28. The number of thioether (sulfide) groups is 1. The van der Waals surface area contributed by atoms with E-state index >= 15 is 0 Å². The molecule has 104 valence electrons. The molecule has 0 saturated carbocycles. The number of carbonyl (C=O) groups is 2. The summed E-state index contributed by atoms with van der Waals surface area (Å²) in [5, 5.41) is 10.2. The molecule has 0 amide bonds. The standard InChI is InChI=1S/C15H15NO3S/c1-8-5-9(2)13-10-3-4-20-15(19)14(10)16(7-12(17)18)11(13)6-8/h5-6H,3-4,7H2,1-2H3,(H,17,18). The number of aliphatic carboxylic acids is 1. The predicted octanol–water partition coefficient (Wildman–Crippen LogP) is 2.77. The Bertz CT molecular complexity index is 745. The van der Waals surface area contributed by atoms with Gasteiger partial charge in [-0.3, -0.25) is 9.59 Å². The van der Waals surface area contributed by atoms with Crippen LogP contribution in [0.3, 0.4) is 0 Å². The van der Waals surface area contributed by atoms with Crippen LogP contribution in [-0.4, -0.2) is 26.5 Å². The second-order valence-corrected chi connectivity index (χ2v) is 6.24. The third-order valence-corrected chi connectivity index (χ3v) is 4.54. The molecule has 20 heavy (non-hydrogen) atoms. The summed E-state index contributed by atoms with van der Waals surface area (Å²) in [7, 11) is 0. The summed E-state index contributed by atoms with van der Waals surface area (Å²) < 4.78 is 1.67. The van der Waals surface area contributed by atoms with Gasteiger partial charge in [-0.25, -0.2) is 0 Å². The summed E-state index contributed by atoms with van der Waals surface area (Å²) in [5.41, 5.74) is 4.65. The van der Waals surface area contributed by atoms with Crippen LogP contribution in [0.5, 0.6) is 0 Å². The van der Waals surface area contributed by atoms with Crippen LogP contribution in [0.15, 0.2) is 12.1 Å². The monoisotopic (exact) mass is 289 g/mol. The molecular formula is C15H15NO3S. The minimum absolute atomic E-state index is 0.0132. The Hall–Kier alpha value is -1.75. The predicted molar refractivity (Wildman–Crippen MR) is 79.5 cm³/mol. The molecule has 0 aliphatic carbocycles. The number of carbonyl (C=O) groups excluding carboxylic acids is 1. The van der Waals surface area contributed by atoms with E-state index < -0.39 is 5.97 Å². The normalized spacial score (nSPS) is 14.6. The van der Waals surface area contributed by atoms with Crippen LogP contribution in [0.2, 0.25) is 0 Å². The molecule has 2 heterocycles. The summed E-state index contributed by atoms with van der Waals surface area (Å²) in [6, 6.07) is 4.06. The van der Waals surface area contributed by atoms with E-state index in [4.69, 9.17) is 5.11 Å². The van der Waals surface area contributed by atoms with E-state index in [1.807, 2.05) is 19.9 Å².